The minimum Gasteiger partial charge on any atom is -0.382 e. The van der Waals surface area contributed by atoms with Crippen LogP contribution in [-0.4, -0.2) is 40.7 Å². The Labute approximate surface area is 170 Å². The van der Waals surface area contributed by atoms with E-state index < -0.39 is 12.7 Å². The van der Waals surface area contributed by atoms with Crippen molar-refractivity contribution < 1.29 is 18.0 Å². The standard InChI is InChI=1S/C19H23F3IN3O/c1-12(2)18(27)25-8-6-13(7-9-25)24-15-4-3-5-16-14(15)10-17(23)26(16)11-19(20,21)22/h3-5,10,12-13,24H,6-9,11H2,1-2H3. The molecule has 1 N–H and O–H groups in total. The lowest BCUT2D eigenvalue weighted by Crippen LogP contribution is -2.43. The number of piperidine rings is 1. The van der Waals surface area contributed by atoms with E-state index in [4.69, 9.17) is 0 Å². The number of nitrogens with one attached hydrogen (secondary N) is 1. The van der Waals surface area contributed by atoms with E-state index in [0.717, 1.165) is 23.9 Å². The highest BCUT2D eigenvalue weighted by Gasteiger charge is 2.30. The van der Waals surface area contributed by atoms with Crippen LogP contribution in [0.1, 0.15) is 26.7 Å². The van der Waals surface area contributed by atoms with Gasteiger partial charge in [0.1, 0.15) is 6.54 Å². The molecule has 2 aromatic rings. The number of carbonyl (C=O) groups excluding carboxylic acids is 1. The molecule has 1 amide bonds. The Morgan fingerprint density at radius 1 is 1.30 bits per heavy atom. The SMILES string of the molecule is CC(C)C(=O)N1CCC(Nc2cccc3c2cc(I)n3CC(F)(F)F)CC1. The number of likely N-dealkylation sites (tertiary alicyclic amines) is 1. The van der Waals surface area contributed by atoms with Crippen LogP contribution in [0.3, 0.4) is 0 Å². The molecule has 0 spiro atoms. The van der Waals surface area contributed by atoms with E-state index in [1.165, 1.54) is 4.57 Å². The summed E-state index contributed by atoms with van der Waals surface area (Å²) in [5.41, 5.74) is 1.43. The predicted molar refractivity (Wildman–Crippen MR) is 109 cm³/mol. The quantitative estimate of drug-likeness (QED) is 0.618. The van der Waals surface area contributed by atoms with Crippen molar-refractivity contribution in [3.8, 4) is 0 Å². The molecule has 4 nitrogen and oxygen atoms in total. The van der Waals surface area contributed by atoms with Crippen LogP contribution in [0.25, 0.3) is 10.9 Å². The molecule has 3 rings (SSSR count). The van der Waals surface area contributed by atoms with Gasteiger partial charge in [-0.1, -0.05) is 19.9 Å². The van der Waals surface area contributed by atoms with Crippen LogP contribution in [-0.2, 0) is 11.3 Å². The van der Waals surface area contributed by atoms with Gasteiger partial charge in [0, 0.05) is 36.1 Å². The minimum absolute atomic E-state index is 0.00118. The van der Waals surface area contributed by atoms with Crippen LogP contribution in [0.5, 0.6) is 0 Å². The second kappa shape index (κ2) is 7.89. The summed E-state index contributed by atoms with van der Waals surface area (Å²) in [6.07, 6.45) is -2.60. The highest BCUT2D eigenvalue weighted by molar-refractivity contribution is 14.1. The van der Waals surface area contributed by atoms with Gasteiger partial charge in [-0.05, 0) is 53.6 Å². The predicted octanol–water partition coefficient (Wildman–Crippen LogP) is 4.87. The van der Waals surface area contributed by atoms with Gasteiger partial charge in [-0.2, -0.15) is 13.2 Å². The maximum atomic E-state index is 12.9. The van der Waals surface area contributed by atoms with Gasteiger partial charge in [-0.3, -0.25) is 4.79 Å². The molecule has 0 bridgehead atoms. The van der Waals surface area contributed by atoms with Gasteiger partial charge in [0.05, 0.1) is 9.22 Å². The average molecular weight is 493 g/mol. The fraction of sp³-hybridized carbons (Fsp3) is 0.526. The number of hydrogen-bond acceptors (Lipinski definition) is 2. The number of aromatic nitrogens is 1. The number of benzene rings is 1. The van der Waals surface area contributed by atoms with Gasteiger partial charge in [0.15, 0.2) is 0 Å². The lowest BCUT2D eigenvalue weighted by molar-refractivity contribution is -0.140. The number of halogens is 4. The average Bonchev–Trinajstić information content (AvgIpc) is 2.90. The van der Waals surface area contributed by atoms with Gasteiger partial charge >= 0.3 is 6.18 Å². The largest absolute Gasteiger partial charge is 0.406 e. The first-order valence-corrected chi connectivity index (χ1v) is 10.1. The van der Waals surface area contributed by atoms with Crippen LogP contribution >= 0.6 is 22.6 Å². The highest BCUT2D eigenvalue weighted by atomic mass is 127. The number of nitrogens with zero attached hydrogens (tertiary/aromatic N) is 2. The first kappa shape index (κ1) is 20.3. The molecule has 148 valence electrons. The molecule has 0 atom stereocenters. The molecule has 1 fully saturated rings. The van der Waals surface area contributed by atoms with Crippen molar-refractivity contribution in [1.82, 2.24) is 9.47 Å². The van der Waals surface area contributed by atoms with Crippen molar-refractivity contribution in [2.45, 2.75) is 45.5 Å². The second-order valence-corrected chi connectivity index (χ2v) is 8.41. The zero-order valence-corrected chi connectivity index (χ0v) is 17.5. The lowest BCUT2D eigenvalue weighted by atomic mass is 10.0. The van der Waals surface area contributed by atoms with E-state index >= 15 is 0 Å². The molecule has 1 aromatic carbocycles. The summed E-state index contributed by atoms with van der Waals surface area (Å²) in [6.45, 7) is 4.23. The third kappa shape index (κ3) is 4.70. The van der Waals surface area contributed by atoms with Crippen LogP contribution in [0, 0.1) is 9.62 Å². The zero-order chi connectivity index (χ0) is 19.8. The Balaban J connectivity index is 1.75. The fourth-order valence-electron chi connectivity index (χ4n) is 3.55. The van der Waals surface area contributed by atoms with Crippen LogP contribution < -0.4 is 5.32 Å². The number of fused-ring (bicyclic) bond motifs is 1. The van der Waals surface area contributed by atoms with Gasteiger partial charge in [0.25, 0.3) is 0 Å². The number of carbonyl (C=O) groups is 1. The maximum absolute atomic E-state index is 12.9. The molecule has 0 saturated carbocycles. The Morgan fingerprint density at radius 3 is 2.56 bits per heavy atom. The Kier molecular flexibility index (Phi) is 5.93. The summed E-state index contributed by atoms with van der Waals surface area (Å²) in [4.78, 5) is 14.0. The second-order valence-electron chi connectivity index (χ2n) is 7.31. The normalized spacial score (nSPS) is 16.3. The zero-order valence-electron chi connectivity index (χ0n) is 15.3. The summed E-state index contributed by atoms with van der Waals surface area (Å²) in [7, 11) is 0. The molecule has 8 heteroatoms. The number of anilines is 1. The van der Waals surface area contributed by atoms with Crippen molar-refractivity contribution in [3.05, 3.63) is 28.0 Å². The number of rotatable bonds is 4. The molecule has 27 heavy (non-hydrogen) atoms. The third-order valence-electron chi connectivity index (χ3n) is 4.89. The molecule has 1 aliphatic rings. The van der Waals surface area contributed by atoms with Crippen molar-refractivity contribution in [3.63, 3.8) is 0 Å². The first-order valence-electron chi connectivity index (χ1n) is 9.05. The van der Waals surface area contributed by atoms with E-state index in [1.807, 2.05) is 47.4 Å². The van der Waals surface area contributed by atoms with Gasteiger partial charge in [0.2, 0.25) is 5.91 Å². The number of amides is 1. The van der Waals surface area contributed by atoms with E-state index in [0.29, 0.717) is 22.3 Å². The van der Waals surface area contributed by atoms with Crippen molar-refractivity contribution >= 4 is 45.1 Å². The monoisotopic (exact) mass is 493 g/mol. The van der Waals surface area contributed by atoms with Gasteiger partial charge in [-0.15, -0.1) is 0 Å². The van der Waals surface area contributed by atoms with Crippen molar-refractivity contribution in [1.29, 1.82) is 0 Å². The summed E-state index contributed by atoms with van der Waals surface area (Å²) in [5, 5.41) is 4.28. The molecule has 1 aromatic heterocycles. The summed E-state index contributed by atoms with van der Waals surface area (Å²) >= 11 is 1.95. The Bertz CT molecular complexity index is 823. The fourth-order valence-corrected chi connectivity index (χ4v) is 4.29. The number of hydrogen-bond donors (Lipinski definition) is 1. The molecule has 0 unspecified atom stereocenters. The van der Waals surface area contributed by atoms with Crippen LogP contribution in [0.4, 0.5) is 18.9 Å². The Morgan fingerprint density at radius 2 is 1.96 bits per heavy atom. The summed E-state index contributed by atoms with van der Waals surface area (Å²) < 4.78 is 40.5. The smallest absolute Gasteiger partial charge is 0.382 e. The highest BCUT2D eigenvalue weighted by Crippen LogP contribution is 2.32. The van der Waals surface area contributed by atoms with Gasteiger partial charge in [-0.25, -0.2) is 0 Å². The van der Waals surface area contributed by atoms with Crippen LogP contribution in [0.15, 0.2) is 24.3 Å². The van der Waals surface area contributed by atoms with E-state index in [1.54, 1.807) is 18.2 Å². The van der Waals surface area contributed by atoms with E-state index in [9.17, 15) is 18.0 Å². The van der Waals surface area contributed by atoms with E-state index in [2.05, 4.69) is 5.32 Å². The third-order valence-corrected chi connectivity index (χ3v) is 5.79. The Hall–Kier alpha value is -1.45. The lowest BCUT2D eigenvalue weighted by Gasteiger charge is -2.34. The molecule has 1 aliphatic heterocycles. The molecular weight excluding hydrogens is 470 g/mol. The maximum Gasteiger partial charge on any atom is 0.406 e. The van der Waals surface area contributed by atoms with Crippen molar-refractivity contribution in [2.75, 3.05) is 18.4 Å². The topological polar surface area (TPSA) is 37.3 Å². The van der Waals surface area contributed by atoms with Gasteiger partial charge < -0.3 is 14.8 Å². The molecule has 1 saturated heterocycles. The summed E-state index contributed by atoms with van der Waals surface area (Å²) in [5.74, 6) is 0.174. The summed E-state index contributed by atoms with van der Waals surface area (Å²) in [6, 6.07) is 7.41. The molecular formula is C19H23F3IN3O. The number of alkyl halides is 3. The molecule has 0 radical (unpaired) electrons. The van der Waals surface area contributed by atoms with Crippen molar-refractivity contribution in [2.24, 2.45) is 5.92 Å². The first-order chi connectivity index (χ1) is 12.7. The minimum atomic E-state index is -4.26. The van der Waals surface area contributed by atoms with Crippen LogP contribution in [0.2, 0.25) is 0 Å². The molecule has 2 heterocycles. The van der Waals surface area contributed by atoms with E-state index in [-0.39, 0.29) is 17.9 Å². The molecule has 0 aliphatic carbocycles.